The highest BCUT2D eigenvalue weighted by molar-refractivity contribution is 9.10. The third kappa shape index (κ3) is 1.40. The molecule has 1 aromatic heterocycles. The summed E-state index contributed by atoms with van der Waals surface area (Å²) in [6.45, 7) is 3.98. The smallest absolute Gasteiger partial charge is 0.181 e. The van der Waals surface area contributed by atoms with E-state index in [1.54, 1.807) is 0 Å². The van der Waals surface area contributed by atoms with Gasteiger partial charge in [0.1, 0.15) is 5.69 Å². The number of Topliss-reactive ketones (excluding diaryl/α,β-unsaturated/α-hetero) is 1. The molecule has 1 heterocycles. The van der Waals surface area contributed by atoms with Gasteiger partial charge in [0.15, 0.2) is 5.78 Å². The van der Waals surface area contributed by atoms with E-state index in [4.69, 9.17) is 0 Å². The van der Waals surface area contributed by atoms with Crippen molar-refractivity contribution in [3.05, 3.63) is 27.0 Å². The number of rotatable bonds is 0. The molecule has 0 saturated heterocycles. The SMILES string of the molecule is Cc1nc2c(c(Br)c1C)CCCC2=O. The summed E-state index contributed by atoms with van der Waals surface area (Å²) in [6.07, 6.45) is 2.57. The first-order valence-corrected chi connectivity index (χ1v) is 5.59. The highest BCUT2D eigenvalue weighted by atomic mass is 79.9. The van der Waals surface area contributed by atoms with Crippen molar-refractivity contribution in [3.8, 4) is 0 Å². The molecule has 0 atom stereocenters. The van der Waals surface area contributed by atoms with Crippen molar-refractivity contribution in [1.29, 1.82) is 0 Å². The lowest BCUT2D eigenvalue weighted by atomic mass is 9.93. The monoisotopic (exact) mass is 253 g/mol. The van der Waals surface area contributed by atoms with Crippen LogP contribution in [-0.2, 0) is 6.42 Å². The average Bonchev–Trinajstić information content (AvgIpc) is 2.17. The number of aryl methyl sites for hydroxylation is 1. The van der Waals surface area contributed by atoms with Gasteiger partial charge in [-0.05, 0) is 37.8 Å². The van der Waals surface area contributed by atoms with E-state index in [1.807, 2.05) is 13.8 Å². The first-order valence-electron chi connectivity index (χ1n) is 4.80. The molecule has 14 heavy (non-hydrogen) atoms. The van der Waals surface area contributed by atoms with Gasteiger partial charge in [-0.3, -0.25) is 4.79 Å². The number of carbonyl (C=O) groups is 1. The lowest BCUT2D eigenvalue weighted by Crippen LogP contribution is -2.15. The van der Waals surface area contributed by atoms with Crippen LogP contribution in [0.4, 0.5) is 0 Å². The molecule has 0 saturated carbocycles. The van der Waals surface area contributed by atoms with E-state index >= 15 is 0 Å². The predicted molar refractivity (Wildman–Crippen MR) is 58.7 cm³/mol. The third-order valence-corrected chi connectivity index (χ3v) is 3.87. The number of halogens is 1. The fourth-order valence-corrected chi connectivity index (χ4v) is 2.48. The number of ketones is 1. The highest BCUT2D eigenvalue weighted by Crippen LogP contribution is 2.30. The summed E-state index contributed by atoms with van der Waals surface area (Å²) in [5.41, 5.74) is 3.89. The molecule has 3 heteroatoms. The van der Waals surface area contributed by atoms with Gasteiger partial charge in [0, 0.05) is 16.6 Å². The van der Waals surface area contributed by atoms with E-state index in [9.17, 15) is 4.79 Å². The molecule has 0 aliphatic heterocycles. The largest absolute Gasteiger partial charge is 0.292 e. The Kier molecular flexibility index (Phi) is 2.43. The van der Waals surface area contributed by atoms with Crippen LogP contribution in [0, 0.1) is 13.8 Å². The number of hydrogen-bond donors (Lipinski definition) is 0. The highest BCUT2D eigenvalue weighted by Gasteiger charge is 2.22. The molecule has 74 valence electrons. The summed E-state index contributed by atoms with van der Waals surface area (Å²) in [6, 6.07) is 0. The van der Waals surface area contributed by atoms with Gasteiger partial charge in [0.25, 0.3) is 0 Å². The van der Waals surface area contributed by atoms with Gasteiger partial charge in [-0.25, -0.2) is 4.98 Å². The van der Waals surface area contributed by atoms with Gasteiger partial charge in [0.2, 0.25) is 0 Å². The Morgan fingerprint density at radius 3 is 2.71 bits per heavy atom. The predicted octanol–water partition coefficient (Wildman–Crippen LogP) is 2.98. The minimum absolute atomic E-state index is 0.190. The van der Waals surface area contributed by atoms with Crippen molar-refractivity contribution in [2.45, 2.75) is 33.1 Å². The zero-order valence-corrected chi connectivity index (χ0v) is 9.94. The Bertz CT molecular complexity index is 412. The maximum absolute atomic E-state index is 11.6. The van der Waals surface area contributed by atoms with Crippen LogP contribution >= 0.6 is 15.9 Å². The summed E-state index contributed by atoms with van der Waals surface area (Å²) in [4.78, 5) is 16.0. The van der Waals surface area contributed by atoms with Crippen LogP contribution in [0.2, 0.25) is 0 Å². The topological polar surface area (TPSA) is 30.0 Å². The van der Waals surface area contributed by atoms with Crippen LogP contribution in [0.25, 0.3) is 0 Å². The van der Waals surface area contributed by atoms with Gasteiger partial charge in [-0.15, -0.1) is 0 Å². The normalized spacial score (nSPS) is 15.5. The molecule has 0 unspecified atom stereocenters. The van der Waals surface area contributed by atoms with Crippen molar-refractivity contribution in [1.82, 2.24) is 4.98 Å². The molecule has 1 aromatic rings. The molecular weight excluding hydrogens is 242 g/mol. The van der Waals surface area contributed by atoms with Crippen LogP contribution < -0.4 is 0 Å². The zero-order chi connectivity index (χ0) is 10.3. The number of hydrogen-bond acceptors (Lipinski definition) is 2. The van der Waals surface area contributed by atoms with Gasteiger partial charge in [-0.2, -0.15) is 0 Å². The van der Waals surface area contributed by atoms with Crippen LogP contribution in [0.5, 0.6) is 0 Å². The minimum atomic E-state index is 0.190. The fraction of sp³-hybridized carbons (Fsp3) is 0.455. The fourth-order valence-electron chi connectivity index (χ4n) is 1.81. The molecule has 2 rings (SSSR count). The molecule has 2 nitrogen and oxygen atoms in total. The first-order chi connectivity index (χ1) is 6.61. The maximum Gasteiger partial charge on any atom is 0.181 e. The van der Waals surface area contributed by atoms with Crippen molar-refractivity contribution < 1.29 is 4.79 Å². The molecule has 0 bridgehead atoms. The lowest BCUT2D eigenvalue weighted by Gasteiger charge is -2.17. The Hall–Kier alpha value is -0.700. The van der Waals surface area contributed by atoms with Gasteiger partial charge in [-0.1, -0.05) is 15.9 Å². The molecular formula is C11H12BrNO. The van der Waals surface area contributed by atoms with E-state index in [1.165, 1.54) is 0 Å². The van der Waals surface area contributed by atoms with Crippen molar-refractivity contribution in [3.63, 3.8) is 0 Å². The molecule has 0 fully saturated rings. The maximum atomic E-state index is 11.6. The van der Waals surface area contributed by atoms with Gasteiger partial charge < -0.3 is 0 Å². The van der Waals surface area contributed by atoms with E-state index < -0.39 is 0 Å². The second-order valence-corrected chi connectivity index (χ2v) is 4.53. The molecule has 0 N–H and O–H groups in total. The van der Waals surface area contributed by atoms with Crippen molar-refractivity contribution in [2.24, 2.45) is 0 Å². The quantitative estimate of drug-likeness (QED) is 0.712. The summed E-state index contributed by atoms with van der Waals surface area (Å²) in [7, 11) is 0. The van der Waals surface area contributed by atoms with Gasteiger partial charge in [0.05, 0.1) is 0 Å². The summed E-state index contributed by atoms with van der Waals surface area (Å²) in [5, 5.41) is 0. The number of pyridine rings is 1. The number of carbonyl (C=O) groups excluding carboxylic acids is 1. The Morgan fingerprint density at radius 2 is 2.00 bits per heavy atom. The summed E-state index contributed by atoms with van der Waals surface area (Å²) >= 11 is 3.55. The Morgan fingerprint density at radius 1 is 1.29 bits per heavy atom. The summed E-state index contributed by atoms with van der Waals surface area (Å²) in [5.74, 6) is 0.190. The van der Waals surface area contributed by atoms with Crippen LogP contribution in [0.15, 0.2) is 4.47 Å². The number of aromatic nitrogens is 1. The number of nitrogens with zero attached hydrogens (tertiary/aromatic N) is 1. The summed E-state index contributed by atoms with van der Waals surface area (Å²) < 4.78 is 1.08. The average molecular weight is 254 g/mol. The standard InChI is InChI=1S/C11H12BrNO/c1-6-7(2)13-11-8(10(6)12)4-3-5-9(11)14/h3-5H2,1-2H3. The Labute approximate surface area is 91.9 Å². The molecule has 1 aliphatic carbocycles. The van der Waals surface area contributed by atoms with E-state index in [2.05, 4.69) is 20.9 Å². The van der Waals surface area contributed by atoms with Crippen LogP contribution in [-0.4, -0.2) is 10.8 Å². The molecule has 0 amide bonds. The molecule has 0 aromatic carbocycles. The molecule has 0 spiro atoms. The second kappa shape index (κ2) is 3.46. The number of fused-ring (bicyclic) bond motifs is 1. The van der Waals surface area contributed by atoms with Crippen molar-refractivity contribution in [2.75, 3.05) is 0 Å². The van der Waals surface area contributed by atoms with Gasteiger partial charge >= 0.3 is 0 Å². The van der Waals surface area contributed by atoms with Crippen LogP contribution in [0.1, 0.15) is 40.2 Å². The van der Waals surface area contributed by atoms with Crippen molar-refractivity contribution >= 4 is 21.7 Å². The zero-order valence-electron chi connectivity index (χ0n) is 8.35. The minimum Gasteiger partial charge on any atom is -0.292 e. The van der Waals surface area contributed by atoms with Crippen LogP contribution in [0.3, 0.4) is 0 Å². The van der Waals surface area contributed by atoms with E-state index in [0.717, 1.165) is 34.1 Å². The van der Waals surface area contributed by atoms with E-state index in [-0.39, 0.29) is 5.78 Å². The molecule has 1 aliphatic rings. The first kappa shape index (κ1) is 9.84. The second-order valence-electron chi connectivity index (χ2n) is 3.74. The van der Waals surface area contributed by atoms with E-state index in [0.29, 0.717) is 12.1 Å². The lowest BCUT2D eigenvalue weighted by molar-refractivity contribution is 0.0967. The third-order valence-electron chi connectivity index (χ3n) is 2.80. The molecule has 0 radical (unpaired) electrons. The Balaban J connectivity index is 2.69.